The molecular weight excluding hydrogens is 623 g/mol. The Morgan fingerprint density at radius 3 is 1.55 bits per heavy atom. The molecule has 51 heavy (non-hydrogen) atoms. The summed E-state index contributed by atoms with van der Waals surface area (Å²) in [6.45, 7) is 0. The molecule has 0 fully saturated rings. The lowest BCUT2D eigenvalue weighted by molar-refractivity contribution is 0.664. The van der Waals surface area contributed by atoms with E-state index in [1.807, 2.05) is 18.2 Å². The van der Waals surface area contributed by atoms with Crippen LogP contribution in [0.25, 0.3) is 77.3 Å². The second kappa shape index (κ2) is 11.9. The van der Waals surface area contributed by atoms with Gasteiger partial charge < -0.3 is 13.7 Å². The molecule has 0 unspecified atom stereocenters. The molecule has 0 aliphatic carbocycles. The van der Waals surface area contributed by atoms with Crippen LogP contribution in [0.5, 0.6) is 0 Å². The summed E-state index contributed by atoms with van der Waals surface area (Å²) in [4.78, 5) is 2.32. The predicted molar refractivity (Wildman–Crippen MR) is 212 cm³/mol. The molecule has 0 bridgehead atoms. The molecule has 0 atom stereocenters. The number of hydrogen-bond acceptors (Lipinski definition) is 3. The van der Waals surface area contributed by atoms with Gasteiger partial charge in [0.25, 0.3) is 0 Å². The Bertz CT molecular complexity index is 2820. The molecule has 0 amide bonds. The standard InChI is InChI=1S/C48H31NO2/c1-4-13-32(14-5-1)34-23-25-36(26-24-34)45-47-39-19-10-11-21-42(39)50-44(47)31-40-46-41(20-12-22-43(46)51-48(40)45)49(37-17-8-3-9-18-37)38-29-27-35(28-30-38)33-15-6-2-7-16-33/h1-31H. The van der Waals surface area contributed by atoms with Crippen LogP contribution in [-0.2, 0) is 0 Å². The predicted octanol–water partition coefficient (Wildman–Crippen LogP) is 14.0. The molecule has 0 radical (unpaired) electrons. The van der Waals surface area contributed by atoms with Gasteiger partial charge in [-0.2, -0.15) is 0 Å². The van der Waals surface area contributed by atoms with Crippen molar-refractivity contribution in [1.29, 1.82) is 0 Å². The molecule has 0 spiro atoms. The highest BCUT2D eigenvalue weighted by atomic mass is 16.3. The first-order chi connectivity index (χ1) is 25.3. The average Bonchev–Trinajstić information content (AvgIpc) is 3.77. The fourth-order valence-corrected chi connectivity index (χ4v) is 7.51. The molecule has 0 saturated carbocycles. The summed E-state index contributed by atoms with van der Waals surface area (Å²) in [6.07, 6.45) is 0. The van der Waals surface area contributed by atoms with Crippen LogP contribution < -0.4 is 4.90 Å². The molecule has 10 aromatic rings. The fraction of sp³-hybridized carbons (Fsp3) is 0. The Morgan fingerprint density at radius 2 is 0.863 bits per heavy atom. The first-order valence-electron chi connectivity index (χ1n) is 17.3. The number of benzene rings is 8. The van der Waals surface area contributed by atoms with Crippen molar-refractivity contribution in [3.8, 4) is 33.4 Å². The van der Waals surface area contributed by atoms with E-state index in [2.05, 4.69) is 175 Å². The zero-order chi connectivity index (χ0) is 33.7. The van der Waals surface area contributed by atoms with Crippen molar-refractivity contribution < 1.29 is 8.83 Å². The molecule has 3 heteroatoms. The van der Waals surface area contributed by atoms with Crippen molar-refractivity contribution in [3.05, 3.63) is 188 Å². The first kappa shape index (κ1) is 29.1. The van der Waals surface area contributed by atoms with Gasteiger partial charge in [0, 0.05) is 33.1 Å². The van der Waals surface area contributed by atoms with Crippen LogP contribution in [0.15, 0.2) is 197 Å². The highest BCUT2D eigenvalue weighted by Crippen LogP contribution is 2.49. The van der Waals surface area contributed by atoms with Gasteiger partial charge in [-0.05, 0) is 76.3 Å². The molecule has 0 aliphatic heterocycles. The number of nitrogens with zero attached hydrogens (tertiary/aromatic N) is 1. The van der Waals surface area contributed by atoms with Crippen LogP contribution in [0, 0.1) is 0 Å². The third-order valence-corrected chi connectivity index (χ3v) is 9.87. The second-order valence-electron chi connectivity index (χ2n) is 12.9. The Morgan fingerprint density at radius 1 is 0.333 bits per heavy atom. The molecule has 0 N–H and O–H groups in total. The van der Waals surface area contributed by atoms with Crippen LogP contribution >= 0.6 is 0 Å². The summed E-state index contributed by atoms with van der Waals surface area (Å²) in [5, 5.41) is 4.17. The van der Waals surface area contributed by atoms with Crippen LogP contribution in [-0.4, -0.2) is 0 Å². The summed E-state index contributed by atoms with van der Waals surface area (Å²) in [5.74, 6) is 0. The van der Waals surface area contributed by atoms with E-state index in [9.17, 15) is 0 Å². The van der Waals surface area contributed by atoms with Gasteiger partial charge in [-0.15, -0.1) is 0 Å². The summed E-state index contributed by atoms with van der Waals surface area (Å²) in [7, 11) is 0. The Labute approximate surface area is 295 Å². The van der Waals surface area contributed by atoms with Gasteiger partial charge in [0.1, 0.15) is 22.3 Å². The molecule has 2 aromatic heterocycles. The maximum atomic E-state index is 6.95. The number of furan rings is 2. The lowest BCUT2D eigenvalue weighted by Gasteiger charge is -2.26. The lowest BCUT2D eigenvalue weighted by Crippen LogP contribution is -2.10. The van der Waals surface area contributed by atoms with E-state index in [1.54, 1.807) is 0 Å². The molecule has 0 aliphatic rings. The highest BCUT2D eigenvalue weighted by Gasteiger charge is 2.24. The van der Waals surface area contributed by atoms with Crippen molar-refractivity contribution in [2.45, 2.75) is 0 Å². The number of anilines is 3. The van der Waals surface area contributed by atoms with Gasteiger partial charge in [0.15, 0.2) is 0 Å². The van der Waals surface area contributed by atoms with Crippen molar-refractivity contribution in [1.82, 2.24) is 0 Å². The molecule has 3 nitrogen and oxygen atoms in total. The molecule has 10 rings (SSSR count). The van der Waals surface area contributed by atoms with E-state index in [1.165, 1.54) is 22.3 Å². The Hall–Kier alpha value is -6.84. The third kappa shape index (κ3) is 4.90. The minimum Gasteiger partial charge on any atom is -0.456 e. The summed E-state index contributed by atoms with van der Waals surface area (Å²) >= 11 is 0. The van der Waals surface area contributed by atoms with E-state index in [0.717, 1.165) is 72.1 Å². The number of para-hydroxylation sites is 2. The third-order valence-electron chi connectivity index (χ3n) is 9.87. The van der Waals surface area contributed by atoms with Crippen LogP contribution in [0.2, 0.25) is 0 Å². The monoisotopic (exact) mass is 653 g/mol. The number of fused-ring (bicyclic) bond motifs is 6. The van der Waals surface area contributed by atoms with Gasteiger partial charge in [-0.1, -0.05) is 140 Å². The minimum absolute atomic E-state index is 0.823. The van der Waals surface area contributed by atoms with E-state index in [4.69, 9.17) is 8.83 Å². The van der Waals surface area contributed by atoms with Crippen molar-refractivity contribution in [3.63, 3.8) is 0 Å². The minimum atomic E-state index is 0.823. The quantitative estimate of drug-likeness (QED) is 0.179. The number of hydrogen-bond donors (Lipinski definition) is 0. The van der Waals surface area contributed by atoms with E-state index in [0.29, 0.717) is 0 Å². The van der Waals surface area contributed by atoms with Crippen LogP contribution in [0.4, 0.5) is 17.1 Å². The zero-order valence-corrected chi connectivity index (χ0v) is 27.7. The SMILES string of the molecule is c1ccc(-c2ccc(-c3c4oc5cccc(N(c6ccccc6)c6ccc(-c7ccccc7)cc6)c5c4cc4oc5ccccc5c34)cc2)cc1. The zero-order valence-electron chi connectivity index (χ0n) is 27.7. The summed E-state index contributed by atoms with van der Waals surface area (Å²) in [6, 6.07) is 65.9. The van der Waals surface area contributed by atoms with Crippen molar-refractivity contribution in [2.75, 3.05) is 4.90 Å². The highest BCUT2D eigenvalue weighted by molar-refractivity contribution is 6.25. The Balaban J connectivity index is 1.23. The van der Waals surface area contributed by atoms with E-state index < -0.39 is 0 Å². The largest absolute Gasteiger partial charge is 0.456 e. The van der Waals surface area contributed by atoms with Gasteiger partial charge in [-0.25, -0.2) is 0 Å². The maximum Gasteiger partial charge on any atom is 0.144 e. The normalized spacial score (nSPS) is 11.5. The average molecular weight is 654 g/mol. The van der Waals surface area contributed by atoms with Gasteiger partial charge in [0.05, 0.1) is 11.1 Å². The lowest BCUT2D eigenvalue weighted by atomic mass is 9.94. The van der Waals surface area contributed by atoms with Crippen molar-refractivity contribution in [2.24, 2.45) is 0 Å². The number of rotatable bonds is 6. The fourth-order valence-electron chi connectivity index (χ4n) is 7.51. The molecule has 2 heterocycles. The molecule has 240 valence electrons. The first-order valence-corrected chi connectivity index (χ1v) is 17.3. The molecule has 8 aromatic carbocycles. The van der Waals surface area contributed by atoms with Gasteiger partial charge in [0.2, 0.25) is 0 Å². The second-order valence-corrected chi connectivity index (χ2v) is 12.9. The van der Waals surface area contributed by atoms with Crippen LogP contribution in [0.3, 0.4) is 0 Å². The van der Waals surface area contributed by atoms with E-state index in [-0.39, 0.29) is 0 Å². The van der Waals surface area contributed by atoms with Gasteiger partial charge >= 0.3 is 0 Å². The topological polar surface area (TPSA) is 29.5 Å². The van der Waals surface area contributed by atoms with Crippen LogP contribution in [0.1, 0.15) is 0 Å². The molecule has 0 saturated heterocycles. The van der Waals surface area contributed by atoms with Crippen molar-refractivity contribution >= 4 is 60.9 Å². The Kier molecular flexibility index (Phi) is 6.81. The maximum absolute atomic E-state index is 6.95. The summed E-state index contributed by atoms with van der Waals surface area (Å²) < 4.78 is 13.6. The summed E-state index contributed by atoms with van der Waals surface area (Å²) in [5.41, 5.74) is 13.4. The van der Waals surface area contributed by atoms with Gasteiger partial charge in [-0.3, -0.25) is 0 Å². The van der Waals surface area contributed by atoms with E-state index >= 15 is 0 Å². The smallest absolute Gasteiger partial charge is 0.144 e. The molecular formula is C48H31NO2.